The van der Waals surface area contributed by atoms with Crippen molar-refractivity contribution in [3.05, 3.63) is 41.5 Å². The van der Waals surface area contributed by atoms with Crippen LogP contribution in [0.3, 0.4) is 0 Å². The van der Waals surface area contributed by atoms with Crippen LogP contribution in [-0.2, 0) is 19.2 Å². The molecule has 1 aromatic heterocycles. The van der Waals surface area contributed by atoms with E-state index in [-0.39, 0.29) is 30.9 Å². The standard InChI is InChI=1S/C14H16F3N3O2.ClH/c1-9(18-2)7-12-19-13(22-20-12)8-21-11-5-3-10(4-6-11)14(15,16)17;/h3-6,9,18H,7-8H2,1-2H3;1H. The molecule has 0 saturated heterocycles. The van der Waals surface area contributed by atoms with E-state index in [0.717, 1.165) is 12.1 Å². The van der Waals surface area contributed by atoms with Gasteiger partial charge in [0.2, 0.25) is 0 Å². The summed E-state index contributed by atoms with van der Waals surface area (Å²) < 4.78 is 47.6. The van der Waals surface area contributed by atoms with Gasteiger partial charge >= 0.3 is 6.18 Å². The quantitative estimate of drug-likeness (QED) is 0.865. The SMILES string of the molecule is CNC(C)Cc1noc(COc2ccc(C(F)(F)F)cc2)n1.Cl. The highest BCUT2D eigenvalue weighted by Gasteiger charge is 2.30. The Morgan fingerprint density at radius 1 is 1.26 bits per heavy atom. The molecule has 1 aromatic carbocycles. The molecule has 128 valence electrons. The number of nitrogens with one attached hydrogen (secondary N) is 1. The molecule has 0 spiro atoms. The second kappa shape index (κ2) is 8.16. The molecule has 1 unspecified atom stereocenters. The minimum absolute atomic E-state index is 0. The Balaban J connectivity index is 0.00000264. The van der Waals surface area contributed by atoms with E-state index >= 15 is 0 Å². The molecule has 1 heterocycles. The fraction of sp³-hybridized carbons (Fsp3) is 0.429. The van der Waals surface area contributed by atoms with Crippen LogP contribution in [0.25, 0.3) is 0 Å². The molecule has 23 heavy (non-hydrogen) atoms. The first kappa shape index (κ1) is 19.2. The summed E-state index contributed by atoms with van der Waals surface area (Å²) in [5.41, 5.74) is -0.721. The molecule has 1 atom stereocenters. The minimum Gasteiger partial charge on any atom is -0.484 e. The monoisotopic (exact) mass is 351 g/mol. The Morgan fingerprint density at radius 2 is 1.91 bits per heavy atom. The van der Waals surface area contributed by atoms with Crippen LogP contribution in [0.15, 0.2) is 28.8 Å². The molecular weight excluding hydrogens is 335 g/mol. The highest BCUT2D eigenvalue weighted by molar-refractivity contribution is 5.85. The van der Waals surface area contributed by atoms with E-state index in [2.05, 4.69) is 15.5 Å². The highest BCUT2D eigenvalue weighted by Crippen LogP contribution is 2.30. The fourth-order valence-corrected chi connectivity index (χ4v) is 1.69. The average Bonchev–Trinajstić information content (AvgIpc) is 2.92. The van der Waals surface area contributed by atoms with Gasteiger partial charge in [-0.25, -0.2) is 0 Å². The number of halogens is 4. The van der Waals surface area contributed by atoms with Gasteiger partial charge in [-0.1, -0.05) is 5.16 Å². The molecule has 9 heteroatoms. The summed E-state index contributed by atoms with van der Waals surface area (Å²) in [5.74, 6) is 1.13. The Kier molecular flexibility index (Phi) is 6.83. The lowest BCUT2D eigenvalue weighted by molar-refractivity contribution is -0.137. The maximum atomic E-state index is 12.4. The molecule has 2 aromatic rings. The number of likely N-dealkylation sites (N-methyl/N-ethyl adjacent to an activating group) is 1. The predicted molar refractivity (Wildman–Crippen MR) is 79.5 cm³/mol. The summed E-state index contributed by atoms with van der Waals surface area (Å²) in [4.78, 5) is 4.15. The molecule has 0 radical (unpaired) electrons. The van der Waals surface area contributed by atoms with Crippen LogP contribution in [0.1, 0.15) is 24.2 Å². The van der Waals surface area contributed by atoms with Gasteiger partial charge in [-0.3, -0.25) is 0 Å². The van der Waals surface area contributed by atoms with E-state index in [0.29, 0.717) is 18.0 Å². The molecular formula is C14H17ClF3N3O2. The first-order valence-corrected chi connectivity index (χ1v) is 6.67. The van der Waals surface area contributed by atoms with Gasteiger partial charge in [0.1, 0.15) is 5.75 Å². The van der Waals surface area contributed by atoms with Gasteiger partial charge < -0.3 is 14.6 Å². The van der Waals surface area contributed by atoms with Crippen molar-refractivity contribution >= 4 is 12.4 Å². The van der Waals surface area contributed by atoms with E-state index in [1.165, 1.54) is 12.1 Å². The van der Waals surface area contributed by atoms with Crippen LogP contribution in [0.5, 0.6) is 5.75 Å². The number of benzene rings is 1. The van der Waals surface area contributed by atoms with Crippen LogP contribution in [0, 0.1) is 0 Å². The largest absolute Gasteiger partial charge is 0.484 e. The lowest BCUT2D eigenvalue weighted by Gasteiger charge is -2.07. The van der Waals surface area contributed by atoms with Crippen molar-refractivity contribution in [2.24, 2.45) is 0 Å². The number of alkyl halides is 3. The van der Waals surface area contributed by atoms with Gasteiger partial charge in [-0.15, -0.1) is 12.4 Å². The molecule has 5 nitrogen and oxygen atoms in total. The summed E-state index contributed by atoms with van der Waals surface area (Å²) in [7, 11) is 1.83. The van der Waals surface area contributed by atoms with Crippen molar-refractivity contribution in [2.45, 2.75) is 32.2 Å². The van der Waals surface area contributed by atoms with Crippen LogP contribution >= 0.6 is 12.4 Å². The highest BCUT2D eigenvalue weighted by atomic mass is 35.5. The van der Waals surface area contributed by atoms with Crippen LogP contribution in [-0.4, -0.2) is 23.2 Å². The number of hydrogen-bond acceptors (Lipinski definition) is 5. The van der Waals surface area contributed by atoms with E-state index in [9.17, 15) is 13.2 Å². The Labute approximate surface area is 137 Å². The summed E-state index contributed by atoms with van der Waals surface area (Å²) in [6, 6.07) is 4.64. The smallest absolute Gasteiger partial charge is 0.416 e. The van der Waals surface area contributed by atoms with E-state index in [1.807, 2.05) is 14.0 Å². The summed E-state index contributed by atoms with van der Waals surface area (Å²) in [5, 5.41) is 6.86. The zero-order chi connectivity index (χ0) is 16.2. The van der Waals surface area contributed by atoms with Crippen molar-refractivity contribution in [3.8, 4) is 5.75 Å². The van der Waals surface area contributed by atoms with Gasteiger partial charge in [-0.2, -0.15) is 18.2 Å². The van der Waals surface area contributed by atoms with Crippen molar-refractivity contribution in [3.63, 3.8) is 0 Å². The number of rotatable bonds is 6. The zero-order valence-corrected chi connectivity index (χ0v) is 13.4. The summed E-state index contributed by atoms with van der Waals surface area (Å²) >= 11 is 0. The molecule has 0 aliphatic rings. The minimum atomic E-state index is -4.36. The molecule has 0 aliphatic heterocycles. The van der Waals surface area contributed by atoms with Gasteiger partial charge in [0, 0.05) is 12.5 Å². The maximum Gasteiger partial charge on any atom is 0.416 e. The first-order chi connectivity index (χ1) is 10.4. The number of hydrogen-bond donors (Lipinski definition) is 1. The topological polar surface area (TPSA) is 60.2 Å². The molecule has 0 bridgehead atoms. The molecule has 2 rings (SSSR count). The lowest BCUT2D eigenvalue weighted by Crippen LogP contribution is -2.24. The number of nitrogens with zero attached hydrogens (tertiary/aromatic N) is 2. The second-order valence-corrected chi connectivity index (χ2v) is 4.81. The van der Waals surface area contributed by atoms with Crippen molar-refractivity contribution in [2.75, 3.05) is 7.05 Å². The number of aromatic nitrogens is 2. The van der Waals surface area contributed by atoms with Crippen molar-refractivity contribution in [1.29, 1.82) is 0 Å². The molecule has 0 amide bonds. The Hall–Kier alpha value is -1.80. The van der Waals surface area contributed by atoms with Crippen LogP contribution in [0.4, 0.5) is 13.2 Å². The summed E-state index contributed by atoms with van der Waals surface area (Å²) in [6.07, 6.45) is -3.75. The third-order valence-corrected chi connectivity index (χ3v) is 3.04. The van der Waals surface area contributed by atoms with Gasteiger partial charge in [-0.05, 0) is 38.2 Å². The van der Waals surface area contributed by atoms with Crippen molar-refractivity contribution < 1.29 is 22.4 Å². The second-order valence-electron chi connectivity index (χ2n) is 4.81. The third-order valence-electron chi connectivity index (χ3n) is 3.04. The van der Waals surface area contributed by atoms with Crippen molar-refractivity contribution in [1.82, 2.24) is 15.5 Å². The normalized spacial score (nSPS) is 12.6. The Morgan fingerprint density at radius 3 is 2.48 bits per heavy atom. The van der Waals surface area contributed by atoms with Crippen LogP contribution in [0.2, 0.25) is 0 Å². The van der Waals surface area contributed by atoms with Gasteiger partial charge in [0.25, 0.3) is 5.89 Å². The molecule has 1 N–H and O–H groups in total. The van der Waals surface area contributed by atoms with E-state index < -0.39 is 11.7 Å². The molecule has 0 saturated carbocycles. The van der Waals surface area contributed by atoms with E-state index in [1.54, 1.807) is 0 Å². The van der Waals surface area contributed by atoms with Gasteiger partial charge in [0.05, 0.1) is 5.56 Å². The zero-order valence-electron chi connectivity index (χ0n) is 12.6. The average molecular weight is 352 g/mol. The summed E-state index contributed by atoms with van der Waals surface area (Å²) in [6.45, 7) is 1.99. The lowest BCUT2D eigenvalue weighted by atomic mass is 10.2. The molecule has 0 aliphatic carbocycles. The van der Waals surface area contributed by atoms with Crippen LogP contribution < -0.4 is 10.1 Å². The number of ether oxygens (including phenoxy) is 1. The van der Waals surface area contributed by atoms with Gasteiger partial charge in [0.15, 0.2) is 12.4 Å². The van der Waals surface area contributed by atoms with E-state index in [4.69, 9.17) is 9.26 Å². The first-order valence-electron chi connectivity index (χ1n) is 6.67. The fourth-order valence-electron chi connectivity index (χ4n) is 1.69. The third kappa shape index (κ3) is 5.72. The predicted octanol–water partition coefficient (Wildman–Crippen LogP) is 3.24. The molecule has 0 fully saturated rings. The maximum absolute atomic E-state index is 12.4. The Bertz CT molecular complexity index is 602.